The van der Waals surface area contributed by atoms with Crippen molar-refractivity contribution in [3.8, 4) is 0 Å². The molecule has 0 radical (unpaired) electrons. The first kappa shape index (κ1) is 30.4. The van der Waals surface area contributed by atoms with Gasteiger partial charge in [-0.1, -0.05) is 43.0 Å². The van der Waals surface area contributed by atoms with Gasteiger partial charge in [0.25, 0.3) is 0 Å². The summed E-state index contributed by atoms with van der Waals surface area (Å²) < 4.78 is 16.5. The Labute approximate surface area is 234 Å². The van der Waals surface area contributed by atoms with Crippen molar-refractivity contribution in [2.45, 2.75) is 91.0 Å². The van der Waals surface area contributed by atoms with E-state index in [-0.39, 0.29) is 31.3 Å². The number of hydrogen-bond donors (Lipinski definition) is 1. The Hall–Kier alpha value is -3.14. The average molecular weight is 564 g/mol. The normalized spacial score (nSPS) is 21.9. The highest BCUT2D eigenvalue weighted by Crippen LogP contribution is 2.34. The van der Waals surface area contributed by atoms with Crippen molar-refractivity contribution < 1.29 is 33.4 Å². The fourth-order valence-corrected chi connectivity index (χ4v) is 4.81. The summed E-state index contributed by atoms with van der Waals surface area (Å²) >= 11 is 5.97. The number of nitrogens with one attached hydrogen (secondary N) is 1. The van der Waals surface area contributed by atoms with E-state index < -0.39 is 41.1 Å². The highest BCUT2D eigenvalue weighted by atomic mass is 35.5. The van der Waals surface area contributed by atoms with Crippen LogP contribution in [-0.2, 0) is 35.2 Å². The van der Waals surface area contributed by atoms with Gasteiger partial charge in [-0.05, 0) is 65.2 Å². The number of halogens is 1. The Morgan fingerprint density at radius 3 is 2.31 bits per heavy atom. The van der Waals surface area contributed by atoms with E-state index in [1.165, 1.54) is 0 Å². The summed E-state index contributed by atoms with van der Waals surface area (Å²) in [6, 6.07) is 6.70. The number of benzene rings is 1. The van der Waals surface area contributed by atoms with E-state index in [0.29, 0.717) is 23.4 Å². The van der Waals surface area contributed by atoms with Gasteiger partial charge in [0.05, 0.1) is 12.3 Å². The zero-order valence-electron chi connectivity index (χ0n) is 23.3. The van der Waals surface area contributed by atoms with E-state index in [4.69, 9.17) is 25.8 Å². The molecule has 1 saturated carbocycles. The summed E-state index contributed by atoms with van der Waals surface area (Å²) in [5, 5.41) is 8.45. The van der Waals surface area contributed by atoms with Gasteiger partial charge in [-0.15, -0.1) is 0 Å². The minimum absolute atomic E-state index is 0.112. The highest BCUT2D eigenvalue weighted by molar-refractivity contribution is 6.30. The quantitative estimate of drug-likeness (QED) is 0.367. The molecular formula is C28H38ClN3O7. The Morgan fingerprint density at radius 2 is 1.72 bits per heavy atom. The van der Waals surface area contributed by atoms with Gasteiger partial charge in [0, 0.05) is 17.4 Å². The monoisotopic (exact) mass is 563 g/mol. The van der Waals surface area contributed by atoms with Crippen LogP contribution in [0.15, 0.2) is 29.4 Å². The summed E-state index contributed by atoms with van der Waals surface area (Å²) in [5.41, 5.74) is -2.18. The van der Waals surface area contributed by atoms with Gasteiger partial charge in [0.2, 0.25) is 11.6 Å². The fraction of sp³-hybridized carbons (Fsp3) is 0.607. The van der Waals surface area contributed by atoms with Gasteiger partial charge in [0.1, 0.15) is 18.1 Å². The number of esters is 2. The first-order valence-electron chi connectivity index (χ1n) is 13.3. The summed E-state index contributed by atoms with van der Waals surface area (Å²) in [4.78, 5) is 53.9. The molecule has 0 spiro atoms. The van der Waals surface area contributed by atoms with Crippen LogP contribution < -0.4 is 5.32 Å². The van der Waals surface area contributed by atoms with Crippen LogP contribution in [0.1, 0.15) is 78.7 Å². The molecule has 1 aromatic carbocycles. The zero-order valence-corrected chi connectivity index (χ0v) is 24.0. The lowest BCUT2D eigenvalue weighted by molar-refractivity contribution is -0.169. The van der Waals surface area contributed by atoms with Crippen LogP contribution in [0.3, 0.4) is 0 Å². The van der Waals surface area contributed by atoms with E-state index in [1.54, 1.807) is 58.9 Å². The third-order valence-electron chi connectivity index (χ3n) is 6.69. The predicted octanol–water partition coefficient (Wildman–Crippen LogP) is 4.97. The van der Waals surface area contributed by atoms with E-state index in [0.717, 1.165) is 24.3 Å². The number of carbonyl (C=O) groups is 4. The van der Waals surface area contributed by atoms with Crippen LogP contribution in [0.25, 0.3) is 0 Å². The summed E-state index contributed by atoms with van der Waals surface area (Å²) in [5.74, 6) is -3.34. The number of carbonyl (C=O) groups excluding carboxylic acids is 4. The second-order valence-corrected chi connectivity index (χ2v) is 11.4. The summed E-state index contributed by atoms with van der Waals surface area (Å²) in [6.45, 7) is 8.20. The third kappa shape index (κ3) is 7.71. The van der Waals surface area contributed by atoms with Crippen LogP contribution in [0, 0.1) is 11.8 Å². The second-order valence-electron chi connectivity index (χ2n) is 10.9. The second kappa shape index (κ2) is 12.8. The van der Waals surface area contributed by atoms with Crippen LogP contribution in [0.2, 0.25) is 5.02 Å². The van der Waals surface area contributed by atoms with Gasteiger partial charge in [-0.2, -0.15) is 10.1 Å². The number of rotatable bonds is 7. The molecule has 1 N–H and O–H groups in total. The zero-order chi connectivity index (χ0) is 28.8. The van der Waals surface area contributed by atoms with Gasteiger partial charge < -0.3 is 19.5 Å². The minimum atomic E-state index is -2.14. The van der Waals surface area contributed by atoms with Crippen LogP contribution in [0.4, 0.5) is 4.79 Å². The van der Waals surface area contributed by atoms with Crippen molar-refractivity contribution in [1.82, 2.24) is 10.3 Å². The van der Waals surface area contributed by atoms with Crippen molar-refractivity contribution in [2.24, 2.45) is 16.9 Å². The smallest absolute Gasteiger partial charge is 0.433 e. The number of nitrogens with zero attached hydrogens (tertiary/aromatic N) is 2. The maximum absolute atomic E-state index is 14.0. The summed E-state index contributed by atoms with van der Waals surface area (Å²) in [6.07, 6.45) is 2.80. The Bertz CT molecular complexity index is 1090. The first-order valence-corrected chi connectivity index (χ1v) is 13.7. The SMILES string of the molecule is CCOC(=O)[C@H]1C[C@](NC(=O)C2CCCCC2)(C(=O)OCc2ccc(Cl)cc2)N(C(=O)OC(C)(C)C)N=C1C. The fourth-order valence-electron chi connectivity index (χ4n) is 4.69. The molecule has 3 rings (SSSR count). The van der Waals surface area contributed by atoms with Crippen molar-refractivity contribution in [3.05, 3.63) is 34.9 Å². The molecule has 39 heavy (non-hydrogen) atoms. The molecule has 2 atom stereocenters. The predicted molar refractivity (Wildman–Crippen MR) is 145 cm³/mol. The van der Waals surface area contributed by atoms with E-state index in [1.807, 2.05) is 0 Å². The topological polar surface area (TPSA) is 124 Å². The lowest BCUT2D eigenvalue weighted by Crippen LogP contribution is -2.70. The molecule has 1 fully saturated rings. The van der Waals surface area contributed by atoms with E-state index in [9.17, 15) is 19.2 Å². The van der Waals surface area contributed by atoms with Crippen LogP contribution >= 0.6 is 11.6 Å². The molecule has 0 aromatic heterocycles. The molecule has 0 saturated heterocycles. The molecule has 10 nitrogen and oxygen atoms in total. The lowest BCUT2D eigenvalue weighted by atomic mass is 9.85. The average Bonchev–Trinajstić information content (AvgIpc) is 2.88. The highest BCUT2D eigenvalue weighted by Gasteiger charge is 2.57. The maximum atomic E-state index is 14.0. The van der Waals surface area contributed by atoms with E-state index >= 15 is 0 Å². The molecule has 1 aliphatic heterocycles. The largest absolute Gasteiger partial charge is 0.465 e. The third-order valence-corrected chi connectivity index (χ3v) is 6.94. The Morgan fingerprint density at radius 1 is 1.08 bits per heavy atom. The van der Waals surface area contributed by atoms with Crippen LogP contribution in [0.5, 0.6) is 0 Å². The van der Waals surface area contributed by atoms with Crippen LogP contribution in [-0.4, -0.2) is 52.5 Å². The molecule has 2 aliphatic rings. The number of hydrogen-bond acceptors (Lipinski definition) is 8. The molecule has 11 heteroatoms. The summed E-state index contributed by atoms with van der Waals surface area (Å²) in [7, 11) is 0. The molecule has 0 bridgehead atoms. The molecule has 1 aliphatic carbocycles. The Balaban J connectivity index is 2.05. The van der Waals surface area contributed by atoms with Gasteiger partial charge in [0.15, 0.2) is 0 Å². The molecule has 214 valence electrons. The van der Waals surface area contributed by atoms with Crippen molar-refractivity contribution in [2.75, 3.05) is 6.61 Å². The minimum Gasteiger partial charge on any atom is -0.465 e. The lowest BCUT2D eigenvalue weighted by Gasteiger charge is -2.44. The van der Waals surface area contributed by atoms with Gasteiger partial charge in [-0.25, -0.2) is 9.59 Å². The molecule has 1 heterocycles. The molecular weight excluding hydrogens is 526 g/mol. The molecule has 2 amide bonds. The van der Waals surface area contributed by atoms with Gasteiger partial charge in [-0.3, -0.25) is 9.59 Å². The number of hydrazone groups is 1. The van der Waals surface area contributed by atoms with E-state index in [2.05, 4.69) is 10.4 Å². The maximum Gasteiger partial charge on any atom is 0.433 e. The Kier molecular flexibility index (Phi) is 9.98. The first-order chi connectivity index (χ1) is 18.4. The van der Waals surface area contributed by atoms with Crippen molar-refractivity contribution in [3.63, 3.8) is 0 Å². The molecule has 1 aromatic rings. The van der Waals surface area contributed by atoms with Crippen molar-refractivity contribution in [1.29, 1.82) is 0 Å². The number of amides is 2. The van der Waals surface area contributed by atoms with Gasteiger partial charge >= 0.3 is 18.0 Å². The molecule has 0 unspecified atom stereocenters. The number of ether oxygens (including phenoxy) is 3. The van der Waals surface area contributed by atoms with Crippen molar-refractivity contribution >= 4 is 41.3 Å². The standard InChI is InChI=1S/C28H38ClN3O7/c1-6-37-24(34)22-16-28(30-23(33)20-10-8-7-9-11-20,25(35)38-17-19-12-14-21(29)15-13-19)32(31-18(22)2)26(36)39-27(3,4)5/h12-15,20,22H,6-11,16-17H2,1-5H3,(H,30,33)/t22-,28+/m0/s1.